The van der Waals surface area contributed by atoms with E-state index in [1.807, 2.05) is 13.0 Å². The molecule has 2 rings (SSSR count). The molecular formula is C17H25NO3. The van der Waals surface area contributed by atoms with Gasteiger partial charge in [-0.2, -0.15) is 0 Å². The second-order valence-corrected chi connectivity index (χ2v) is 6.12. The minimum atomic E-state index is -0.867. The summed E-state index contributed by atoms with van der Waals surface area (Å²) >= 11 is 0. The maximum atomic E-state index is 11.6. The molecule has 0 aliphatic heterocycles. The van der Waals surface area contributed by atoms with Gasteiger partial charge < -0.3 is 9.84 Å². The molecule has 1 aromatic rings. The second-order valence-electron chi connectivity index (χ2n) is 6.12. The third-order valence-electron chi connectivity index (χ3n) is 4.59. The van der Waals surface area contributed by atoms with Gasteiger partial charge in [-0.3, -0.25) is 9.69 Å². The fraction of sp³-hybridized carbons (Fsp3) is 0.588. The SMILES string of the molecule is CCN(C1CCCc2cc(OC)ccc21)C(C)(C)C(=O)O. The lowest BCUT2D eigenvalue weighted by Gasteiger charge is -2.43. The third kappa shape index (κ3) is 2.91. The molecule has 1 atom stereocenters. The van der Waals surface area contributed by atoms with Crippen LogP contribution in [0.3, 0.4) is 0 Å². The molecule has 0 heterocycles. The predicted molar refractivity (Wildman–Crippen MR) is 82.8 cm³/mol. The van der Waals surface area contributed by atoms with Crippen molar-refractivity contribution in [1.29, 1.82) is 0 Å². The largest absolute Gasteiger partial charge is 0.497 e. The number of benzene rings is 1. The maximum absolute atomic E-state index is 11.6. The summed E-state index contributed by atoms with van der Waals surface area (Å²) in [5.74, 6) is 0.0972. The molecule has 0 saturated heterocycles. The fourth-order valence-electron chi connectivity index (χ4n) is 3.34. The monoisotopic (exact) mass is 291 g/mol. The molecule has 1 N–H and O–H groups in total. The van der Waals surface area contributed by atoms with Gasteiger partial charge in [0, 0.05) is 6.04 Å². The molecule has 0 saturated carbocycles. The lowest BCUT2D eigenvalue weighted by molar-refractivity contribution is -0.151. The van der Waals surface area contributed by atoms with Crippen LogP contribution in [0.2, 0.25) is 0 Å². The molecule has 0 aromatic heterocycles. The molecule has 1 aliphatic rings. The quantitative estimate of drug-likeness (QED) is 0.904. The van der Waals surface area contributed by atoms with Crippen molar-refractivity contribution < 1.29 is 14.6 Å². The predicted octanol–water partition coefficient (Wildman–Crippen LogP) is 3.26. The van der Waals surface area contributed by atoms with E-state index in [-0.39, 0.29) is 6.04 Å². The number of rotatable bonds is 5. The van der Waals surface area contributed by atoms with Crippen molar-refractivity contribution in [3.63, 3.8) is 0 Å². The molecule has 116 valence electrons. The van der Waals surface area contributed by atoms with Crippen LogP contribution in [0.1, 0.15) is 50.8 Å². The van der Waals surface area contributed by atoms with Crippen LogP contribution in [0.15, 0.2) is 18.2 Å². The van der Waals surface area contributed by atoms with E-state index in [2.05, 4.69) is 17.0 Å². The van der Waals surface area contributed by atoms with Crippen LogP contribution in [0.4, 0.5) is 0 Å². The van der Waals surface area contributed by atoms with Gasteiger partial charge in [-0.1, -0.05) is 13.0 Å². The molecule has 4 heteroatoms. The minimum Gasteiger partial charge on any atom is -0.497 e. The zero-order valence-corrected chi connectivity index (χ0v) is 13.3. The first-order valence-electron chi connectivity index (χ1n) is 7.58. The number of nitrogens with zero attached hydrogens (tertiary/aromatic N) is 1. The number of methoxy groups -OCH3 is 1. The Morgan fingerprint density at radius 2 is 2.19 bits per heavy atom. The highest BCUT2D eigenvalue weighted by molar-refractivity contribution is 5.77. The smallest absolute Gasteiger partial charge is 0.323 e. The van der Waals surface area contributed by atoms with E-state index in [1.165, 1.54) is 11.1 Å². The molecular weight excluding hydrogens is 266 g/mol. The summed E-state index contributed by atoms with van der Waals surface area (Å²) in [4.78, 5) is 13.7. The molecule has 0 radical (unpaired) electrons. The van der Waals surface area contributed by atoms with Crippen molar-refractivity contribution in [2.24, 2.45) is 0 Å². The van der Waals surface area contributed by atoms with Gasteiger partial charge >= 0.3 is 5.97 Å². The van der Waals surface area contributed by atoms with Gasteiger partial charge in [0.2, 0.25) is 0 Å². The Bertz CT molecular complexity index is 525. The highest BCUT2D eigenvalue weighted by Crippen LogP contribution is 2.39. The Labute approximate surface area is 126 Å². The van der Waals surface area contributed by atoms with Gasteiger partial charge in [0.15, 0.2) is 0 Å². The first kappa shape index (κ1) is 15.8. The van der Waals surface area contributed by atoms with Gasteiger partial charge in [-0.05, 0) is 62.9 Å². The number of ether oxygens (including phenoxy) is 1. The van der Waals surface area contributed by atoms with E-state index >= 15 is 0 Å². The summed E-state index contributed by atoms with van der Waals surface area (Å²) in [6, 6.07) is 6.32. The average Bonchev–Trinajstić information content (AvgIpc) is 2.47. The van der Waals surface area contributed by atoms with Crippen LogP contribution in [-0.2, 0) is 11.2 Å². The molecule has 21 heavy (non-hydrogen) atoms. The summed E-state index contributed by atoms with van der Waals surface area (Å²) in [6.45, 7) is 6.32. The van der Waals surface area contributed by atoms with E-state index in [0.29, 0.717) is 0 Å². The molecule has 0 spiro atoms. The van der Waals surface area contributed by atoms with Gasteiger partial charge in [0.1, 0.15) is 11.3 Å². The van der Waals surface area contributed by atoms with Gasteiger partial charge in [0.05, 0.1) is 7.11 Å². The minimum absolute atomic E-state index is 0.163. The Balaban J connectivity index is 2.40. The Kier molecular flexibility index (Phi) is 4.57. The first-order chi connectivity index (χ1) is 9.91. The summed E-state index contributed by atoms with van der Waals surface area (Å²) in [5, 5.41) is 9.54. The zero-order chi connectivity index (χ0) is 15.6. The zero-order valence-electron chi connectivity index (χ0n) is 13.3. The Morgan fingerprint density at radius 1 is 1.48 bits per heavy atom. The molecule has 0 bridgehead atoms. The lowest BCUT2D eigenvalue weighted by atomic mass is 9.84. The average molecular weight is 291 g/mol. The standard InChI is InChI=1S/C17H25NO3/c1-5-18(17(2,3)16(19)20)15-8-6-7-12-11-13(21-4)9-10-14(12)15/h9-11,15H,5-8H2,1-4H3,(H,19,20). The first-order valence-corrected chi connectivity index (χ1v) is 7.58. The van der Waals surface area contributed by atoms with Crippen LogP contribution in [-0.4, -0.2) is 35.2 Å². The number of fused-ring (bicyclic) bond motifs is 1. The summed E-state index contributed by atoms with van der Waals surface area (Å²) in [6.07, 6.45) is 3.12. The van der Waals surface area contributed by atoms with Gasteiger partial charge in [-0.15, -0.1) is 0 Å². The topological polar surface area (TPSA) is 49.8 Å². The van der Waals surface area contributed by atoms with Crippen molar-refractivity contribution in [3.05, 3.63) is 29.3 Å². The van der Waals surface area contributed by atoms with Crippen LogP contribution in [0.25, 0.3) is 0 Å². The fourth-order valence-corrected chi connectivity index (χ4v) is 3.34. The third-order valence-corrected chi connectivity index (χ3v) is 4.59. The van der Waals surface area contributed by atoms with Crippen molar-refractivity contribution in [2.75, 3.05) is 13.7 Å². The van der Waals surface area contributed by atoms with E-state index in [9.17, 15) is 9.90 Å². The van der Waals surface area contributed by atoms with Crippen molar-refractivity contribution in [3.8, 4) is 5.75 Å². The Morgan fingerprint density at radius 3 is 2.76 bits per heavy atom. The maximum Gasteiger partial charge on any atom is 0.323 e. The number of aryl methyl sites for hydroxylation is 1. The number of aliphatic carboxylic acids is 1. The van der Waals surface area contributed by atoms with Crippen molar-refractivity contribution in [1.82, 2.24) is 4.90 Å². The molecule has 1 aromatic carbocycles. The Hall–Kier alpha value is -1.55. The normalized spacial score (nSPS) is 18.4. The van der Waals surface area contributed by atoms with Crippen molar-refractivity contribution in [2.45, 2.75) is 51.6 Å². The molecule has 1 aliphatic carbocycles. The highest BCUT2D eigenvalue weighted by atomic mass is 16.5. The van der Waals surface area contributed by atoms with Crippen LogP contribution in [0, 0.1) is 0 Å². The van der Waals surface area contributed by atoms with Gasteiger partial charge in [0.25, 0.3) is 0 Å². The van der Waals surface area contributed by atoms with E-state index < -0.39 is 11.5 Å². The molecule has 0 fully saturated rings. The second kappa shape index (κ2) is 6.06. The molecule has 0 amide bonds. The number of carbonyl (C=O) groups is 1. The van der Waals surface area contributed by atoms with Gasteiger partial charge in [-0.25, -0.2) is 0 Å². The molecule has 1 unspecified atom stereocenters. The van der Waals surface area contributed by atoms with Crippen LogP contribution >= 0.6 is 0 Å². The number of likely N-dealkylation sites (N-methyl/N-ethyl adjacent to an activating group) is 1. The number of hydrogen-bond acceptors (Lipinski definition) is 3. The number of carboxylic acid groups (broad SMARTS) is 1. The van der Waals surface area contributed by atoms with E-state index in [1.54, 1.807) is 21.0 Å². The van der Waals surface area contributed by atoms with Crippen LogP contribution < -0.4 is 4.74 Å². The van der Waals surface area contributed by atoms with E-state index in [0.717, 1.165) is 31.6 Å². The van der Waals surface area contributed by atoms with E-state index in [4.69, 9.17) is 4.74 Å². The summed E-state index contributed by atoms with van der Waals surface area (Å²) in [7, 11) is 1.67. The van der Waals surface area contributed by atoms with Crippen LogP contribution in [0.5, 0.6) is 5.75 Å². The summed E-state index contributed by atoms with van der Waals surface area (Å²) < 4.78 is 5.30. The lowest BCUT2D eigenvalue weighted by Crippen LogP contribution is -2.52. The highest BCUT2D eigenvalue weighted by Gasteiger charge is 2.39. The summed E-state index contributed by atoms with van der Waals surface area (Å²) in [5.41, 5.74) is 1.66. The number of carboxylic acids is 1. The molecule has 4 nitrogen and oxygen atoms in total. The number of hydrogen-bond donors (Lipinski definition) is 1. The van der Waals surface area contributed by atoms with Crippen molar-refractivity contribution >= 4 is 5.97 Å².